The first-order chi connectivity index (χ1) is 23.7. The minimum absolute atomic E-state index is 0.545. The van der Waals surface area contributed by atoms with Crippen LogP contribution in [0.25, 0.3) is 43.5 Å². The number of rotatable bonds is 6. The lowest BCUT2D eigenvalue weighted by molar-refractivity contribution is 1.18. The standard InChI is InChI=1S/C44H29N3Si/c1-46-34-28-33(29-35(30-34)47-42-23-13-11-21-39(42)40-22-12-14-24-43(40)47)41-27-32(31-45)25-26-44(41)48(36-15-5-2-6-16-36,37-17-7-3-8-18-37)38-19-9-4-10-20-38/h2-30H. The number of hydrogen-bond acceptors (Lipinski definition) is 1. The van der Waals surface area contributed by atoms with Gasteiger partial charge < -0.3 is 4.57 Å². The maximum absolute atomic E-state index is 10.2. The van der Waals surface area contributed by atoms with E-state index in [0.717, 1.165) is 27.8 Å². The number of hydrogen-bond donors (Lipinski definition) is 0. The van der Waals surface area contributed by atoms with Crippen LogP contribution in [0.2, 0.25) is 0 Å². The zero-order chi connectivity index (χ0) is 32.5. The third-order valence-electron chi connectivity index (χ3n) is 9.35. The predicted molar refractivity (Wildman–Crippen MR) is 201 cm³/mol. The summed E-state index contributed by atoms with van der Waals surface area (Å²) < 4.78 is 2.26. The van der Waals surface area contributed by atoms with Gasteiger partial charge >= 0.3 is 0 Å². The highest BCUT2D eigenvalue weighted by molar-refractivity contribution is 7.20. The second-order valence-corrected chi connectivity index (χ2v) is 15.7. The van der Waals surface area contributed by atoms with E-state index in [1.165, 1.54) is 31.5 Å². The van der Waals surface area contributed by atoms with Crippen molar-refractivity contribution in [2.45, 2.75) is 0 Å². The summed E-state index contributed by atoms with van der Waals surface area (Å²) in [5.74, 6) is 0. The zero-order valence-electron chi connectivity index (χ0n) is 26.1. The molecule has 8 aromatic rings. The number of benzene rings is 7. The number of nitriles is 1. The number of nitrogens with zero attached hydrogens (tertiary/aromatic N) is 3. The second kappa shape index (κ2) is 12.0. The van der Waals surface area contributed by atoms with E-state index < -0.39 is 8.07 Å². The predicted octanol–water partition coefficient (Wildman–Crippen LogP) is 8.25. The Morgan fingerprint density at radius 3 is 1.54 bits per heavy atom. The molecule has 0 aliphatic heterocycles. The van der Waals surface area contributed by atoms with E-state index in [9.17, 15) is 5.26 Å². The van der Waals surface area contributed by atoms with E-state index in [4.69, 9.17) is 6.57 Å². The molecule has 0 aliphatic carbocycles. The highest BCUT2D eigenvalue weighted by atomic mass is 28.3. The van der Waals surface area contributed by atoms with E-state index in [0.29, 0.717) is 11.3 Å². The Kier molecular flexibility index (Phi) is 7.27. The van der Waals surface area contributed by atoms with Crippen LogP contribution < -0.4 is 20.7 Å². The molecule has 0 amide bonds. The van der Waals surface area contributed by atoms with Crippen molar-refractivity contribution in [3.8, 4) is 22.9 Å². The first-order valence-electron chi connectivity index (χ1n) is 15.9. The van der Waals surface area contributed by atoms with Gasteiger partial charge in [0.2, 0.25) is 0 Å². The molecule has 1 heterocycles. The molecule has 0 atom stereocenters. The third kappa shape index (κ3) is 4.64. The van der Waals surface area contributed by atoms with Crippen molar-refractivity contribution in [1.82, 2.24) is 4.57 Å². The lowest BCUT2D eigenvalue weighted by Crippen LogP contribution is -2.75. The van der Waals surface area contributed by atoms with Crippen LogP contribution in [0.4, 0.5) is 5.69 Å². The van der Waals surface area contributed by atoms with Crippen molar-refractivity contribution in [3.63, 3.8) is 0 Å². The molecule has 0 bridgehead atoms. The summed E-state index contributed by atoms with van der Waals surface area (Å²) in [5, 5.41) is 17.4. The van der Waals surface area contributed by atoms with E-state index in [-0.39, 0.29) is 0 Å². The van der Waals surface area contributed by atoms with Gasteiger partial charge in [-0.25, -0.2) is 4.85 Å². The molecule has 224 valence electrons. The van der Waals surface area contributed by atoms with Gasteiger partial charge in [0.05, 0.1) is 29.2 Å². The van der Waals surface area contributed by atoms with Crippen LogP contribution >= 0.6 is 0 Å². The van der Waals surface area contributed by atoms with E-state index in [1.807, 2.05) is 24.3 Å². The maximum Gasteiger partial charge on any atom is 0.189 e. The highest BCUT2D eigenvalue weighted by Gasteiger charge is 2.43. The van der Waals surface area contributed by atoms with Crippen LogP contribution in [0.1, 0.15) is 5.56 Å². The Balaban J connectivity index is 1.49. The Morgan fingerprint density at radius 1 is 0.542 bits per heavy atom. The van der Waals surface area contributed by atoms with Crippen molar-refractivity contribution in [2.24, 2.45) is 0 Å². The minimum Gasteiger partial charge on any atom is -0.310 e. The molecular weight excluding hydrogens is 599 g/mol. The lowest BCUT2D eigenvalue weighted by Gasteiger charge is -2.36. The molecule has 3 nitrogen and oxygen atoms in total. The Hall–Kier alpha value is -6.46. The van der Waals surface area contributed by atoms with Gasteiger partial charge in [0.15, 0.2) is 13.8 Å². The van der Waals surface area contributed by atoms with Gasteiger partial charge in [0.25, 0.3) is 0 Å². The summed E-state index contributed by atoms with van der Waals surface area (Å²) in [6, 6.07) is 63.9. The van der Waals surface area contributed by atoms with Crippen LogP contribution in [0.5, 0.6) is 0 Å². The number of aromatic nitrogens is 1. The molecule has 7 aromatic carbocycles. The number of para-hydroxylation sites is 2. The molecule has 0 spiro atoms. The highest BCUT2D eigenvalue weighted by Crippen LogP contribution is 2.36. The topological polar surface area (TPSA) is 33.1 Å². The molecule has 0 saturated heterocycles. The fourth-order valence-electron chi connectivity index (χ4n) is 7.36. The minimum atomic E-state index is -2.96. The van der Waals surface area contributed by atoms with E-state index in [1.54, 1.807) is 0 Å². The summed E-state index contributed by atoms with van der Waals surface area (Å²) in [5.41, 5.74) is 6.08. The molecule has 4 heteroatoms. The van der Waals surface area contributed by atoms with Crippen LogP contribution in [-0.4, -0.2) is 12.6 Å². The van der Waals surface area contributed by atoms with Crippen LogP contribution in [0, 0.1) is 17.9 Å². The van der Waals surface area contributed by atoms with Crippen molar-refractivity contribution in [1.29, 1.82) is 5.26 Å². The fourth-order valence-corrected chi connectivity index (χ4v) is 12.3. The van der Waals surface area contributed by atoms with Crippen LogP contribution in [0.15, 0.2) is 176 Å². The van der Waals surface area contributed by atoms with Gasteiger partial charge in [-0.2, -0.15) is 5.26 Å². The fraction of sp³-hybridized carbons (Fsp3) is 0. The maximum atomic E-state index is 10.2. The van der Waals surface area contributed by atoms with Gasteiger partial charge in [-0.15, -0.1) is 0 Å². The van der Waals surface area contributed by atoms with Gasteiger partial charge in [-0.1, -0.05) is 133 Å². The van der Waals surface area contributed by atoms with Crippen molar-refractivity contribution < 1.29 is 0 Å². The molecular formula is C44H29N3Si. The van der Waals surface area contributed by atoms with Crippen molar-refractivity contribution in [3.05, 3.63) is 193 Å². The lowest BCUT2D eigenvalue weighted by atomic mass is 10.0. The summed E-state index contributed by atoms with van der Waals surface area (Å²) in [4.78, 5) is 3.98. The molecule has 0 aliphatic rings. The second-order valence-electron chi connectivity index (χ2n) is 11.9. The Bertz CT molecular complexity index is 2370. The molecule has 1 aromatic heterocycles. The van der Waals surface area contributed by atoms with Gasteiger partial charge in [-0.05, 0) is 74.3 Å². The average Bonchev–Trinajstić information content (AvgIpc) is 3.51. The average molecular weight is 628 g/mol. The molecule has 0 unspecified atom stereocenters. The SMILES string of the molecule is [C-]#[N+]c1cc(-c2cc(C#N)ccc2[Si](c2ccccc2)(c2ccccc2)c2ccccc2)cc(-n2c3ccccc3c3ccccc32)c1. The van der Waals surface area contributed by atoms with Crippen molar-refractivity contribution >= 4 is 56.3 Å². The third-order valence-corrected chi connectivity index (χ3v) is 14.2. The number of fused-ring (bicyclic) bond motifs is 3. The molecule has 48 heavy (non-hydrogen) atoms. The normalized spacial score (nSPS) is 11.3. The summed E-state index contributed by atoms with van der Waals surface area (Å²) >= 11 is 0. The molecule has 0 fully saturated rings. The van der Waals surface area contributed by atoms with Crippen molar-refractivity contribution in [2.75, 3.05) is 0 Å². The monoisotopic (exact) mass is 627 g/mol. The van der Waals surface area contributed by atoms with E-state index in [2.05, 4.69) is 167 Å². The quantitative estimate of drug-likeness (QED) is 0.104. The zero-order valence-corrected chi connectivity index (χ0v) is 27.1. The Labute approximate surface area is 281 Å². The van der Waals surface area contributed by atoms with Crippen LogP contribution in [0.3, 0.4) is 0 Å². The molecule has 0 N–H and O–H groups in total. The van der Waals surface area contributed by atoms with Crippen LogP contribution in [-0.2, 0) is 0 Å². The summed E-state index contributed by atoms with van der Waals surface area (Å²) in [7, 11) is -2.96. The molecule has 0 saturated carbocycles. The molecule has 0 radical (unpaired) electrons. The van der Waals surface area contributed by atoms with E-state index >= 15 is 0 Å². The molecule has 8 rings (SSSR count). The first-order valence-corrected chi connectivity index (χ1v) is 17.9. The summed E-state index contributed by atoms with van der Waals surface area (Å²) in [6.45, 7) is 8.18. The van der Waals surface area contributed by atoms with Gasteiger partial charge in [-0.3, -0.25) is 0 Å². The van der Waals surface area contributed by atoms with Gasteiger partial charge in [0, 0.05) is 16.5 Å². The first kappa shape index (κ1) is 29.0. The van der Waals surface area contributed by atoms with Gasteiger partial charge in [0.1, 0.15) is 0 Å². The largest absolute Gasteiger partial charge is 0.310 e. The smallest absolute Gasteiger partial charge is 0.189 e. The summed E-state index contributed by atoms with van der Waals surface area (Å²) in [6.07, 6.45) is 0. The Morgan fingerprint density at radius 2 is 1.04 bits per heavy atom.